The minimum atomic E-state index is -0.416. The highest BCUT2D eigenvalue weighted by Crippen LogP contribution is 2.38. The van der Waals surface area contributed by atoms with Gasteiger partial charge < -0.3 is 0 Å². The van der Waals surface area contributed by atoms with Gasteiger partial charge in [0.2, 0.25) is 0 Å². The van der Waals surface area contributed by atoms with Gasteiger partial charge in [-0.25, -0.2) is 4.39 Å². The van der Waals surface area contributed by atoms with Crippen molar-refractivity contribution in [2.75, 3.05) is 0 Å². The fourth-order valence-electron chi connectivity index (χ4n) is 1.88. The number of alkyl halides is 1. The molecule has 0 aliphatic heterocycles. The molecule has 0 nitrogen and oxygen atoms in total. The fourth-order valence-corrected chi connectivity index (χ4v) is 3.25. The number of aryl methyl sites for hydroxylation is 2. The van der Waals surface area contributed by atoms with Gasteiger partial charge in [0.15, 0.2) is 0 Å². The molecule has 0 saturated carbocycles. The van der Waals surface area contributed by atoms with Crippen molar-refractivity contribution in [3.63, 3.8) is 0 Å². The van der Waals surface area contributed by atoms with Crippen LogP contribution in [-0.2, 0) is 0 Å². The summed E-state index contributed by atoms with van der Waals surface area (Å²) in [4.78, 5) is -0.321. The molecule has 0 aliphatic rings. The highest BCUT2D eigenvalue weighted by atomic mass is 79.9. The molecule has 0 amide bonds. The van der Waals surface area contributed by atoms with Crippen LogP contribution in [0.25, 0.3) is 0 Å². The van der Waals surface area contributed by atoms with Crippen LogP contribution in [0, 0.1) is 19.7 Å². The van der Waals surface area contributed by atoms with Crippen LogP contribution in [0.1, 0.15) is 27.1 Å². The van der Waals surface area contributed by atoms with E-state index in [0.29, 0.717) is 10.6 Å². The van der Waals surface area contributed by atoms with Crippen molar-refractivity contribution < 1.29 is 4.39 Å². The monoisotopic (exact) mass is 360 g/mol. The van der Waals surface area contributed by atoms with E-state index in [-0.39, 0.29) is 9.85 Å². The minimum absolute atomic E-state index is 0.113. The van der Waals surface area contributed by atoms with Crippen molar-refractivity contribution >= 4 is 39.1 Å². The second-order valence-electron chi connectivity index (χ2n) is 4.46. The maximum Gasteiger partial charge on any atom is 0.146 e. The van der Waals surface area contributed by atoms with Crippen LogP contribution in [0.4, 0.5) is 4.39 Å². The molecule has 1 unspecified atom stereocenters. The molecule has 19 heavy (non-hydrogen) atoms. The van der Waals surface area contributed by atoms with Crippen LogP contribution >= 0.6 is 39.1 Å². The molecule has 4 heteroatoms. The fraction of sp³-hybridized carbons (Fsp3) is 0.200. The number of rotatable bonds is 2. The molecular formula is C15H12BrCl2F. The lowest BCUT2D eigenvalue weighted by atomic mass is 10.00. The second kappa shape index (κ2) is 5.82. The molecule has 0 aliphatic carbocycles. The third kappa shape index (κ3) is 2.96. The topological polar surface area (TPSA) is 0 Å². The summed E-state index contributed by atoms with van der Waals surface area (Å²) in [7, 11) is 0. The molecule has 2 aromatic rings. The molecule has 0 bridgehead atoms. The number of benzene rings is 2. The van der Waals surface area contributed by atoms with E-state index >= 15 is 0 Å². The second-order valence-corrected chi connectivity index (χ2v) is 6.19. The molecule has 0 heterocycles. The van der Waals surface area contributed by atoms with Gasteiger partial charge in [0.05, 0.1) is 9.85 Å². The first kappa shape index (κ1) is 14.8. The molecule has 2 aromatic carbocycles. The van der Waals surface area contributed by atoms with E-state index in [1.54, 1.807) is 12.1 Å². The highest BCUT2D eigenvalue weighted by Gasteiger charge is 2.19. The van der Waals surface area contributed by atoms with Crippen LogP contribution in [-0.4, -0.2) is 0 Å². The molecule has 0 fully saturated rings. The van der Waals surface area contributed by atoms with Crippen molar-refractivity contribution in [3.8, 4) is 0 Å². The Morgan fingerprint density at radius 2 is 1.63 bits per heavy atom. The first-order valence-corrected chi connectivity index (χ1v) is 7.43. The lowest BCUT2D eigenvalue weighted by molar-refractivity contribution is 0.614. The van der Waals surface area contributed by atoms with Crippen LogP contribution < -0.4 is 0 Å². The number of halogens is 4. The van der Waals surface area contributed by atoms with Crippen molar-refractivity contribution in [3.05, 3.63) is 68.4 Å². The third-order valence-corrected chi connectivity index (χ3v) is 4.75. The van der Waals surface area contributed by atoms with Gasteiger partial charge in [-0.15, -0.1) is 0 Å². The summed E-state index contributed by atoms with van der Waals surface area (Å²) >= 11 is 15.6. The standard InChI is InChI=1S/C15H12BrCl2F/c1-8-6-11(13(18)7-9(8)2)14(16)10-4-3-5-12(17)15(10)19/h3-7,14H,1-2H3. The molecule has 0 saturated heterocycles. The highest BCUT2D eigenvalue weighted by molar-refractivity contribution is 9.09. The summed E-state index contributed by atoms with van der Waals surface area (Å²) in [6.45, 7) is 4.00. The Balaban J connectivity index is 2.53. The average molecular weight is 362 g/mol. The molecule has 1 atom stereocenters. The summed E-state index contributed by atoms with van der Waals surface area (Å²) < 4.78 is 14.0. The van der Waals surface area contributed by atoms with Gasteiger partial charge in [0.1, 0.15) is 5.82 Å². The van der Waals surface area contributed by atoms with Gasteiger partial charge in [-0.3, -0.25) is 0 Å². The largest absolute Gasteiger partial charge is 0.205 e. The van der Waals surface area contributed by atoms with Crippen LogP contribution in [0.5, 0.6) is 0 Å². The summed E-state index contributed by atoms with van der Waals surface area (Å²) in [5.41, 5.74) is 3.55. The molecule has 0 N–H and O–H groups in total. The Kier molecular flexibility index (Phi) is 4.54. The Labute approximate surface area is 130 Å². The van der Waals surface area contributed by atoms with Crippen LogP contribution in [0.3, 0.4) is 0 Å². The normalized spacial score (nSPS) is 12.5. The van der Waals surface area contributed by atoms with Crippen molar-refractivity contribution in [1.82, 2.24) is 0 Å². The maximum atomic E-state index is 14.0. The Morgan fingerprint density at radius 3 is 2.32 bits per heavy atom. The molecule has 2 rings (SSSR count). The lowest BCUT2D eigenvalue weighted by Crippen LogP contribution is -1.99. The van der Waals surface area contributed by atoms with Gasteiger partial charge in [0.25, 0.3) is 0 Å². The predicted molar refractivity (Wildman–Crippen MR) is 83.1 cm³/mol. The predicted octanol–water partition coefficient (Wildman–Crippen LogP) is 6.23. The summed E-state index contributed by atoms with van der Waals surface area (Å²) in [5, 5.41) is 0.728. The Hall–Kier alpha value is -0.570. The van der Waals surface area contributed by atoms with Gasteiger partial charge >= 0.3 is 0 Å². The summed E-state index contributed by atoms with van der Waals surface area (Å²) in [5.74, 6) is -0.416. The quantitative estimate of drug-likeness (QED) is 0.556. The van der Waals surface area contributed by atoms with E-state index in [9.17, 15) is 4.39 Å². The molecule has 0 spiro atoms. The zero-order chi connectivity index (χ0) is 14.2. The van der Waals surface area contributed by atoms with Gasteiger partial charge in [0, 0.05) is 10.6 Å². The van der Waals surface area contributed by atoms with Gasteiger partial charge in [-0.2, -0.15) is 0 Å². The van der Waals surface area contributed by atoms with Gasteiger partial charge in [-0.1, -0.05) is 57.3 Å². The van der Waals surface area contributed by atoms with Crippen LogP contribution in [0.2, 0.25) is 10.0 Å². The van der Waals surface area contributed by atoms with Gasteiger partial charge in [-0.05, 0) is 42.7 Å². The zero-order valence-electron chi connectivity index (χ0n) is 10.5. The summed E-state index contributed by atoms with van der Waals surface area (Å²) in [6.07, 6.45) is 0. The zero-order valence-corrected chi connectivity index (χ0v) is 13.6. The van der Waals surface area contributed by atoms with E-state index in [2.05, 4.69) is 15.9 Å². The minimum Gasteiger partial charge on any atom is -0.205 e. The first-order chi connectivity index (χ1) is 8.91. The van der Waals surface area contributed by atoms with Crippen molar-refractivity contribution in [2.24, 2.45) is 0 Å². The molecular weight excluding hydrogens is 350 g/mol. The number of hydrogen-bond acceptors (Lipinski definition) is 0. The van der Waals surface area contributed by atoms with E-state index in [4.69, 9.17) is 23.2 Å². The first-order valence-electron chi connectivity index (χ1n) is 5.76. The van der Waals surface area contributed by atoms with Crippen molar-refractivity contribution in [1.29, 1.82) is 0 Å². The smallest absolute Gasteiger partial charge is 0.146 e. The Morgan fingerprint density at radius 1 is 1.00 bits per heavy atom. The molecule has 0 radical (unpaired) electrons. The molecule has 0 aromatic heterocycles. The van der Waals surface area contributed by atoms with E-state index in [1.807, 2.05) is 26.0 Å². The lowest BCUT2D eigenvalue weighted by Gasteiger charge is -2.16. The van der Waals surface area contributed by atoms with E-state index in [0.717, 1.165) is 16.7 Å². The van der Waals surface area contributed by atoms with E-state index in [1.165, 1.54) is 6.07 Å². The average Bonchev–Trinajstić information content (AvgIpc) is 2.36. The third-order valence-electron chi connectivity index (χ3n) is 3.14. The molecule has 100 valence electrons. The van der Waals surface area contributed by atoms with Crippen molar-refractivity contribution in [2.45, 2.75) is 18.7 Å². The number of hydrogen-bond donors (Lipinski definition) is 0. The van der Waals surface area contributed by atoms with Crippen LogP contribution in [0.15, 0.2) is 30.3 Å². The Bertz CT molecular complexity index is 626. The maximum absolute atomic E-state index is 14.0. The summed E-state index contributed by atoms with van der Waals surface area (Å²) in [6, 6.07) is 8.82. The SMILES string of the molecule is Cc1cc(Cl)c(C(Br)c2cccc(Cl)c2F)cc1C. The van der Waals surface area contributed by atoms with E-state index < -0.39 is 5.82 Å².